The van der Waals surface area contributed by atoms with Crippen molar-refractivity contribution < 1.29 is 22.4 Å². The molecule has 0 spiro atoms. The van der Waals surface area contributed by atoms with Crippen LogP contribution < -0.4 is 10.6 Å². The zero-order valence-electron chi connectivity index (χ0n) is 22.8. The molecule has 6 nitrogen and oxygen atoms in total. The van der Waals surface area contributed by atoms with E-state index in [2.05, 4.69) is 0 Å². The van der Waals surface area contributed by atoms with Crippen LogP contribution in [0.15, 0.2) is 36.5 Å². The Hall–Kier alpha value is -2.13. The summed E-state index contributed by atoms with van der Waals surface area (Å²) in [5, 5.41) is 0. The van der Waals surface area contributed by atoms with Crippen LogP contribution in [0.1, 0.15) is 56.9 Å². The van der Waals surface area contributed by atoms with Gasteiger partial charge in [-0.2, -0.15) is 13.2 Å². The maximum Gasteiger partial charge on any atom is 0.404 e. The van der Waals surface area contributed by atoms with Crippen molar-refractivity contribution in [3.8, 4) is 0 Å². The minimum absolute atomic E-state index is 0.0229. The first-order valence-corrected chi connectivity index (χ1v) is 14.6. The number of hydrogen-bond donors (Lipinski definition) is 1. The molecule has 2 N–H and O–H groups in total. The summed E-state index contributed by atoms with van der Waals surface area (Å²) in [5.41, 5.74) is 9.15. The van der Waals surface area contributed by atoms with E-state index in [-0.39, 0.29) is 51.2 Å². The monoisotopic (exact) mass is 567 g/mol. The molecule has 214 valence electrons. The van der Waals surface area contributed by atoms with Gasteiger partial charge < -0.3 is 10.6 Å². The van der Waals surface area contributed by atoms with E-state index in [0.717, 1.165) is 28.9 Å². The number of likely N-dealkylation sites (tertiary alicyclic amines) is 1. The topological polar surface area (TPSA) is 65.7 Å². The third-order valence-electron chi connectivity index (χ3n) is 7.36. The Morgan fingerprint density at radius 2 is 1.95 bits per heavy atom. The van der Waals surface area contributed by atoms with Crippen LogP contribution in [0.2, 0.25) is 0 Å². The number of alkyl halides is 3. The molecule has 0 aliphatic carbocycles. The van der Waals surface area contributed by atoms with E-state index in [1.165, 1.54) is 17.0 Å². The number of hydrogen-bond acceptors (Lipinski definition) is 5. The van der Waals surface area contributed by atoms with E-state index >= 15 is 0 Å². The Kier molecular flexibility index (Phi) is 9.31. The zero-order chi connectivity index (χ0) is 28.4. The summed E-state index contributed by atoms with van der Waals surface area (Å²) >= 11 is 0. The predicted octanol–water partition coefficient (Wildman–Crippen LogP) is 5.05. The van der Waals surface area contributed by atoms with Crippen LogP contribution in [0.5, 0.6) is 0 Å². The lowest BCUT2D eigenvalue weighted by Gasteiger charge is -2.38. The van der Waals surface area contributed by atoms with Crippen LogP contribution in [0.4, 0.5) is 23.2 Å². The van der Waals surface area contributed by atoms with Crippen molar-refractivity contribution in [3.05, 3.63) is 59.2 Å². The Balaban J connectivity index is 1.48. The van der Waals surface area contributed by atoms with Gasteiger partial charge >= 0.3 is 6.18 Å². The highest BCUT2D eigenvalue weighted by Gasteiger charge is 2.44. The Morgan fingerprint density at radius 1 is 1.23 bits per heavy atom. The molecule has 2 aliphatic rings. The number of amides is 1. The minimum atomic E-state index is -4.25. The molecule has 1 amide bonds. The van der Waals surface area contributed by atoms with Crippen LogP contribution in [0, 0.1) is 5.82 Å². The van der Waals surface area contributed by atoms with Gasteiger partial charge in [0.25, 0.3) is 0 Å². The summed E-state index contributed by atoms with van der Waals surface area (Å²) < 4.78 is 56.0. The number of piperidine rings is 1. The van der Waals surface area contributed by atoms with Crippen LogP contribution in [-0.2, 0) is 16.6 Å². The van der Waals surface area contributed by atoms with E-state index < -0.39 is 12.2 Å². The predicted molar refractivity (Wildman–Crippen MR) is 148 cm³/mol. The van der Waals surface area contributed by atoms with E-state index in [0.29, 0.717) is 32.5 Å². The standard InChI is InChI=1S/C28H38F4N5OP/c1-19(33)15-36(39-18-35-11-5-4-6-24(35)28(30,31)32)16-25(38)37-17-27(2,3)26-23(37)13-21(14-34-26)12-20-7-9-22(29)10-8-20/h7-10,13-14,19,24,39H,4-6,11-12,15-18,33H2,1-3H3/t19-,24?/m1/s1. The lowest BCUT2D eigenvalue weighted by molar-refractivity contribution is -0.188. The largest absolute Gasteiger partial charge is 0.404 e. The Morgan fingerprint density at radius 3 is 2.62 bits per heavy atom. The zero-order valence-corrected chi connectivity index (χ0v) is 23.8. The van der Waals surface area contributed by atoms with E-state index in [1.807, 2.05) is 31.5 Å². The molecule has 1 saturated heterocycles. The molecule has 0 bridgehead atoms. The molecule has 2 aromatic rings. The molecule has 2 aliphatic heterocycles. The fourth-order valence-electron chi connectivity index (χ4n) is 5.46. The number of nitrogens with zero attached hydrogens (tertiary/aromatic N) is 4. The lowest BCUT2D eigenvalue weighted by atomic mass is 9.91. The van der Waals surface area contributed by atoms with Crippen molar-refractivity contribution in [3.63, 3.8) is 0 Å². The molecule has 2 unspecified atom stereocenters. The number of fused-ring (bicyclic) bond motifs is 1. The van der Waals surface area contributed by atoms with Crippen molar-refractivity contribution in [1.82, 2.24) is 14.6 Å². The van der Waals surface area contributed by atoms with Gasteiger partial charge in [0.2, 0.25) is 5.91 Å². The summed E-state index contributed by atoms with van der Waals surface area (Å²) in [6.07, 6.45) is -0.197. The molecule has 0 saturated carbocycles. The molecule has 4 rings (SSSR count). The number of benzene rings is 1. The maximum absolute atomic E-state index is 13.7. The van der Waals surface area contributed by atoms with Crippen molar-refractivity contribution in [2.75, 3.05) is 37.4 Å². The fraction of sp³-hybridized carbons (Fsp3) is 0.571. The molecular weight excluding hydrogens is 529 g/mol. The quantitative estimate of drug-likeness (QED) is 0.339. The van der Waals surface area contributed by atoms with Crippen LogP contribution >= 0.6 is 8.73 Å². The van der Waals surface area contributed by atoms with Gasteiger partial charge in [-0.15, -0.1) is 0 Å². The van der Waals surface area contributed by atoms with Gasteiger partial charge in [-0.1, -0.05) is 32.4 Å². The summed E-state index contributed by atoms with van der Waals surface area (Å²) in [6.45, 7) is 7.28. The first-order valence-electron chi connectivity index (χ1n) is 13.4. The lowest BCUT2D eigenvalue weighted by Crippen LogP contribution is -2.49. The van der Waals surface area contributed by atoms with Crippen LogP contribution in [0.25, 0.3) is 0 Å². The highest BCUT2D eigenvalue weighted by Crippen LogP contribution is 2.40. The maximum atomic E-state index is 13.7. The Bertz CT molecular complexity index is 1140. The second-order valence-corrected chi connectivity index (χ2v) is 12.7. The number of pyridine rings is 1. The molecule has 11 heteroatoms. The van der Waals surface area contributed by atoms with Gasteiger partial charge in [0, 0.05) is 37.0 Å². The van der Waals surface area contributed by atoms with Gasteiger partial charge in [0.15, 0.2) is 0 Å². The number of anilines is 1. The highest BCUT2D eigenvalue weighted by atomic mass is 31.1. The van der Waals surface area contributed by atoms with E-state index in [1.54, 1.807) is 23.2 Å². The van der Waals surface area contributed by atoms with Crippen molar-refractivity contribution >= 4 is 20.3 Å². The number of nitrogens with two attached hydrogens (primary N) is 1. The number of carbonyl (C=O) groups is 1. The Labute approximate surface area is 229 Å². The molecular formula is C28H38F4N5OP. The second-order valence-electron chi connectivity index (χ2n) is 11.4. The molecule has 1 aromatic carbocycles. The fourth-order valence-corrected chi connectivity index (χ4v) is 6.88. The SMILES string of the molecule is C[C@@H](N)CN(CC(=O)N1CC(C)(C)c2ncc(Cc3ccc(F)cc3)cc21)PCN1CCCCC1C(F)(F)F. The first-order chi connectivity index (χ1) is 18.3. The summed E-state index contributed by atoms with van der Waals surface area (Å²) in [6, 6.07) is 6.62. The van der Waals surface area contributed by atoms with Gasteiger partial charge in [-0.25, -0.2) is 4.39 Å². The number of rotatable bonds is 9. The first kappa shape index (κ1) is 29.8. The highest BCUT2D eigenvalue weighted by molar-refractivity contribution is 7.35. The molecule has 39 heavy (non-hydrogen) atoms. The average molecular weight is 568 g/mol. The van der Waals surface area contributed by atoms with Crippen molar-refractivity contribution in [2.45, 2.75) is 70.1 Å². The third-order valence-corrected chi connectivity index (χ3v) is 8.69. The summed E-state index contributed by atoms with van der Waals surface area (Å²) in [5.74, 6) is -0.419. The summed E-state index contributed by atoms with van der Waals surface area (Å²) in [4.78, 5) is 21.6. The smallest absolute Gasteiger partial charge is 0.327 e. The van der Waals surface area contributed by atoms with Crippen LogP contribution in [-0.4, -0.2) is 71.2 Å². The van der Waals surface area contributed by atoms with Gasteiger partial charge in [-0.05, 0) is 70.8 Å². The molecule has 1 aromatic heterocycles. The minimum Gasteiger partial charge on any atom is -0.327 e. The molecule has 3 atom stereocenters. The third kappa shape index (κ3) is 7.54. The molecule has 3 heterocycles. The van der Waals surface area contributed by atoms with E-state index in [9.17, 15) is 22.4 Å². The normalized spacial score (nSPS) is 20.6. The number of aromatic nitrogens is 1. The van der Waals surface area contributed by atoms with E-state index in [4.69, 9.17) is 10.7 Å². The number of halogens is 4. The molecule has 1 fully saturated rings. The van der Waals surface area contributed by atoms with Crippen molar-refractivity contribution in [1.29, 1.82) is 0 Å². The summed E-state index contributed by atoms with van der Waals surface area (Å²) in [7, 11) is 0.0229. The van der Waals surface area contributed by atoms with Crippen molar-refractivity contribution in [2.24, 2.45) is 5.73 Å². The van der Waals surface area contributed by atoms with Gasteiger partial charge in [-0.3, -0.25) is 19.3 Å². The van der Waals surface area contributed by atoms with Gasteiger partial charge in [0.05, 0.1) is 17.9 Å². The van der Waals surface area contributed by atoms with Gasteiger partial charge in [0.1, 0.15) is 11.9 Å². The second kappa shape index (κ2) is 12.2. The number of carbonyl (C=O) groups excluding carboxylic acids is 1. The van der Waals surface area contributed by atoms with Crippen LogP contribution in [0.3, 0.4) is 0 Å². The average Bonchev–Trinajstić information content (AvgIpc) is 3.13. The molecule has 0 radical (unpaired) electrons.